The molecule has 0 saturated heterocycles. The standard InChI is InChI=1S/C16H26N2O2/c1-12-5-4-10-16(11-12,20-3)15(18-17)13-6-8-14(19-2)9-7-13/h6-9,12,15,18H,4-5,10-11,17H2,1-3H3. The van der Waals surface area contributed by atoms with Crippen molar-refractivity contribution in [2.45, 2.75) is 44.2 Å². The van der Waals surface area contributed by atoms with Gasteiger partial charge in [0.05, 0.1) is 18.8 Å². The summed E-state index contributed by atoms with van der Waals surface area (Å²) >= 11 is 0. The number of rotatable bonds is 5. The first kappa shape index (κ1) is 15.3. The lowest BCUT2D eigenvalue weighted by Gasteiger charge is -2.44. The average molecular weight is 278 g/mol. The average Bonchev–Trinajstić information content (AvgIpc) is 2.48. The maximum atomic E-state index is 5.94. The van der Waals surface area contributed by atoms with Gasteiger partial charge in [-0.15, -0.1) is 0 Å². The van der Waals surface area contributed by atoms with E-state index in [0.29, 0.717) is 5.92 Å². The molecule has 0 spiro atoms. The topological polar surface area (TPSA) is 56.5 Å². The summed E-state index contributed by atoms with van der Waals surface area (Å²) in [7, 11) is 3.47. The molecule has 112 valence electrons. The maximum absolute atomic E-state index is 5.94. The number of nitrogens with one attached hydrogen (secondary N) is 1. The van der Waals surface area contributed by atoms with E-state index in [2.05, 4.69) is 24.5 Å². The third-order valence-electron chi connectivity index (χ3n) is 4.54. The van der Waals surface area contributed by atoms with Crippen LogP contribution in [-0.4, -0.2) is 19.8 Å². The summed E-state index contributed by atoms with van der Waals surface area (Å²) < 4.78 is 11.2. The van der Waals surface area contributed by atoms with Gasteiger partial charge < -0.3 is 9.47 Å². The van der Waals surface area contributed by atoms with Crippen molar-refractivity contribution in [3.05, 3.63) is 29.8 Å². The van der Waals surface area contributed by atoms with E-state index in [-0.39, 0.29) is 11.6 Å². The van der Waals surface area contributed by atoms with Crippen LogP contribution >= 0.6 is 0 Å². The van der Waals surface area contributed by atoms with Crippen molar-refractivity contribution in [3.8, 4) is 5.75 Å². The molecule has 4 heteroatoms. The molecule has 2 rings (SSSR count). The van der Waals surface area contributed by atoms with E-state index in [1.54, 1.807) is 14.2 Å². The summed E-state index contributed by atoms with van der Waals surface area (Å²) in [4.78, 5) is 0. The zero-order chi connectivity index (χ0) is 14.6. The highest BCUT2D eigenvalue weighted by Crippen LogP contribution is 2.43. The predicted molar refractivity (Wildman–Crippen MR) is 80.4 cm³/mol. The molecule has 1 aromatic carbocycles. The third-order valence-corrected chi connectivity index (χ3v) is 4.54. The van der Waals surface area contributed by atoms with E-state index in [1.165, 1.54) is 12.8 Å². The van der Waals surface area contributed by atoms with Gasteiger partial charge in [0, 0.05) is 7.11 Å². The Morgan fingerprint density at radius 3 is 2.50 bits per heavy atom. The highest BCUT2D eigenvalue weighted by molar-refractivity contribution is 5.31. The molecule has 3 N–H and O–H groups in total. The second-order valence-electron chi connectivity index (χ2n) is 5.84. The van der Waals surface area contributed by atoms with Crippen LogP contribution in [0.4, 0.5) is 0 Å². The molecule has 0 bridgehead atoms. The highest BCUT2D eigenvalue weighted by atomic mass is 16.5. The van der Waals surface area contributed by atoms with Gasteiger partial charge in [-0.1, -0.05) is 31.9 Å². The first-order chi connectivity index (χ1) is 9.65. The van der Waals surface area contributed by atoms with Crippen LogP contribution in [0.25, 0.3) is 0 Å². The fraction of sp³-hybridized carbons (Fsp3) is 0.625. The molecule has 1 aliphatic carbocycles. The third kappa shape index (κ3) is 2.97. The Labute approximate surface area is 121 Å². The van der Waals surface area contributed by atoms with Gasteiger partial charge in [-0.05, 0) is 36.5 Å². The smallest absolute Gasteiger partial charge is 0.118 e. The number of benzene rings is 1. The molecule has 3 atom stereocenters. The van der Waals surface area contributed by atoms with Crippen molar-refractivity contribution in [1.29, 1.82) is 0 Å². The summed E-state index contributed by atoms with van der Waals surface area (Å²) in [5.74, 6) is 7.37. The summed E-state index contributed by atoms with van der Waals surface area (Å²) in [5.41, 5.74) is 3.89. The van der Waals surface area contributed by atoms with Crippen LogP contribution in [0, 0.1) is 5.92 Å². The molecule has 0 radical (unpaired) electrons. The lowest BCUT2D eigenvalue weighted by molar-refractivity contribution is -0.0806. The van der Waals surface area contributed by atoms with Gasteiger partial charge in [0.25, 0.3) is 0 Å². The molecule has 0 aliphatic heterocycles. The monoisotopic (exact) mass is 278 g/mol. The van der Waals surface area contributed by atoms with Crippen LogP contribution in [0.1, 0.15) is 44.2 Å². The molecule has 0 aromatic heterocycles. The van der Waals surface area contributed by atoms with Crippen molar-refractivity contribution >= 4 is 0 Å². The lowest BCUT2D eigenvalue weighted by atomic mass is 9.73. The minimum Gasteiger partial charge on any atom is -0.497 e. The molecular weight excluding hydrogens is 252 g/mol. The Morgan fingerprint density at radius 1 is 1.30 bits per heavy atom. The molecule has 4 nitrogen and oxygen atoms in total. The van der Waals surface area contributed by atoms with Gasteiger partial charge in [0.2, 0.25) is 0 Å². The van der Waals surface area contributed by atoms with Gasteiger partial charge in [0.1, 0.15) is 5.75 Å². The number of hydrogen-bond acceptors (Lipinski definition) is 4. The minimum atomic E-state index is -0.221. The minimum absolute atomic E-state index is 0.00107. The number of hydrogen-bond donors (Lipinski definition) is 2. The molecule has 1 saturated carbocycles. The number of hydrazine groups is 1. The van der Waals surface area contributed by atoms with Crippen molar-refractivity contribution in [2.24, 2.45) is 11.8 Å². The van der Waals surface area contributed by atoms with Crippen LogP contribution in [0.5, 0.6) is 5.75 Å². The Bertz CT molecular complexity index is 421. The molecular formula is C16H26N2O2. The Balaban J connectivity index is 2.28. The van der Waals surface area contributed by atoms with Crippen molar-refractivity contribution in [2.75, 3.05) is 14.2 Å². The predicted octanol–water partition coefficient (Wildman–Crippen LogP) is 2.79. The highest BCUT2D eigenvalue weighted by Gasteiger charge is 2.42. The molecule has 1 aliphatic rings. The number of methoxy groups -OCH3 is 2. The van der Waals surface area contributed by atoms with E-state index >= 15 is 0 Å². The maximum Gasteiger partial charge on any atom is 0.118 e. The second kappa shape index (κ2) is 6.57. The fourth-order valence-corrected chi connectivity index (χ4v) is 3.46. The quantitative estimate of drug-likeness (QED) is 0.642. The number of nitrogens with two attached hydrogens (primary N) is 1. The molecule has 0 amide bonds. The van der Waals surface area contributed by atoms with Gasteiger partial charge in [-0.2, -0.15) is 0 Å². The van der Waals surface area contributed by atoms with Crippen LogP contribution in [0.3, 0.4) is 0 Å². The SMILES string of the molecule is COc1ccc(C(NN)C2(OC)CCCC(C)C2)cc1. The van der Waals surface area contributed by atoms with Crippen molar-refractivity contribution in [1.82, 2.24) is 5.43 Å². The Kier molecular flexibility index (Phi) is 5.02. The molecule has 20 heavy (non-hydrogen) atoms. The van der Waals surface area contributed by atoms with Crippen molar-refractivity contribution < 1.29 is 9.47 Å². The van der Waals surface area contributed by atoms with Crippen LogP contribution in [0.15, 0.2) is 24.3 Å². The van der Waals surface area contributed by atoms with Gasteiger partial charge in [-0.25, -0.2) is 0 Å². The molecule has 1 fully saturated rings. The van der Waals surface area contributed by atoms with Crippen LogP contribution < -0.4 is 16.0 Å². The van der Waals surface area contributed by atoms with E-state index in [1.807, 2.05) is 12.1 Å². The zero-order valence-corrected chi connectivity index (χ0v) is 12.7. The molecule has 3 unspecified atom stereocenters. The van der Waals surface area contributed by atoms with Gasteiger partial charge in [-0.3, -0.25) is 11.3 Å². The van der Waals surface area contributed by atoms with Gasteiger partial charge in [0.15, 0.2) is 0 Å². The summed E-state index contributed by atoms with van der Waals surface area (Å²) in [6, 6.07) is 8.05. The van der Waals surface area contributed by atoms with Gasteiger partial charge >= 0.3 is 0 Å². The van der Waals surface area contributed by atoms with E-state index in [9.17, 15) is 0 Å². The zero-order valence-electron chi connectivity index (χ0n) is 12.7. The normalized spacial score (nSPS) is 28.1. The second-order valence-corrected chi connectivity index (χ2v) is 5.84. The number of ether oxygens (including phenoxy) is 2. The summed E-state index contributed by atoms with van der Waals surface area (Å²) in [6.45, 7) is 2.29. The molecule has 1 aromatic rings. The Hall–Kier alpha value is -1.10. The Morgan fingerprint density at radius 2 is 2.00 bits per heavy atom. The fourth-order valence-electron chi connectivity index (χ4n) is 3.46. The molecule has 0 heterocycles. The lowest BCUT2D eigenvalue weighted by Crippen LogP contribution is -2.50. The van der Waals surface area contributed by atoms with E-state index < -0.39 is 0 Å². The van der Waals surface area contributed by atoms with E-state index in [0.717, 1.165) is 24.2 Å². The first-order valence-electron chi connectivity index (χ1n) is 7.30. The largest absolute Gasteiger partial charge is 0.497 e. The van der Waals surface area contributed by atoms with Crippen LogP contribution in [-0.2, 0) is 4.74 Å². The summed E-state index contributed by atoms with van der Waals surface area (Å²) in [5, 5.41) is 0. The van der Waals surface area contributed by atoms with Crippen molar-refractivity contribution in [3.63, 3.8) is 0 Å². The van der Waals surface area contributed by atoms with Crippen LogP contribution in [0.2, 0.25) is 0 Å². The first-order valence-corrected chi connectivity index (χ1v) is 7.30. The van der Waals surface area contributed by atoms with E-state index in [4.69, 9.17) is 15.3 Å². The summed E-state index contributed by atoms with van der Waals surface area (Å²) in [6.07, 6.45) is 4.52.